The molecule has 2 aliphatic heterocycles. The summed E-state index contributed by atoms with van der Waals surface area (Å²) >= 11 is 0. The van der Waals surface area contributed by atoms with Crippen LogP contribution in [0.25, 0.3) is 11.1 Å². The molecule has 0 saturated carbocycles. The highest BCUT2D eigenvalue weighted by atomic mass is 16.6. The van der Waals surface area contributed by atoms with Crippen LogP contribution in [0.2, 0.25) is 0 Å². The highest BCUT2D eigenvalue weighted by Crippen LogP contribution is 2.44. The summed E-state index contributed by atoms with van der Waals surface area (Å²) < 4.78 is 11.2. The molecule has 0 aromatic heterocycles. The highest BCUT2D eigenvalue weighted by Gasteiger charge is 2.54. The maximum atomic E-state index is 13.6. The molecule has 3 aliphatic rings. The molecule has 2 aromatic carbocycles. The molecule has 2 aromatic rings. The summed E-state index contributed by atoms with van der Waals surface area (Å²) in [6.45, 7) is 4.41. The van der Waals surface area contributed by atoms with Crippen LogP contribution in [0.15, 0.2) is 48.5 Å². The van der Waals surface area contributed by atoms with E-state index in [-0.39, 0.29) is 25.6 Å². The molecule has 2 saturated heterocycles. The summed E-state index contributed by atoms with van der Waals surface area (Å²) in [5, 5.41) is 12.6. The van der Waals surface area contributed by atoms with Crippen molar-refractivity contribution in [2.24, 2.45) is 5.41 Å². The maximum absolute atomic E-state index is 13.6. The number of carbonyl (C=O) groups is 3. The van der Waals surface area contributed by atoms with Crippen LogP contribution in [0, 0.1) is 5.41 Å². The molecule has 1 aliphatic carbocycles. The van der Waals surface area contributed by atoms with Gasteiger partial charge in [0.25, 0.3) is 5.91 Å². The average molecular weight is 479 g/mol. The molecule has 2 amide bonds. The van der Waals surface area contributed by atoms with Crippen molar-refractivity contribution in [2.45, 2.75) is 44.2 Å². The molecule has 2 fully saturated rings. The van der Waals surface area contributed by atoms with Crippen molar-refractivity contribution in [1.82, 2.24) is 10.2 Å². The van der Waals surface area contributed by atoms with Crippen LogP contribution in [-0.4, -0.2) is 65.9 Å². The largest absolute Gasteiger partial charge is 0.480 e. The van der Waals surface area contributed by atoms with Crippen molar-refractivity contribution >= 4 is 18.0 Å². The Morgan fingerprint density at radius 3 is 2.26 bits per heavy atom. The van der Waals surface area contributed by atoms with Gasteiger partial charge in [0.15, 0.2) is 0 Å². The number of carboxylic acid groups (broad SMARTS) is 1. The van der Waals surface area contributed by atoms with Crippen LogP contribution < -0.4 is 5.32 Å². The summed E-state index contributed by atoms with van der Waals surface area (Å²) in [6, 6.07) is 15.2. The Bertz CT molecular complexity index is 1120. The minimum Gasteiger partial charge on any atom is -0.480 e. The Kier molecular flexibility index (Phi) is 5.79. The average Bonchev–Trinajstić information content (AvgIpc) is 3.51. The first-order chi connectivity index (χ1) is 16.7. The van der Waals surface area contributed by atoms with E-state index in [1.54, 1.807) is 0 Å². The molecule has 184 valence electrons. The van der Waals surface area contributed by atoms with E-state index in [4.69, 9.17) is 9.47 Å². The second kappa shape index (κ2) is 8.68. The van der Waals surface area contributed by atoms with Gasteiger partial charge in [-0.1, -0.05) is 62.4 Å². The molecule has 2 heterocycles. The van der Waals surface area contributed by atoms with Crippen molar-refractivity contribution in [3.05, 3.63) is 59.7 Å². The molecular formula is C27H30N2O6. The van der Waals surface area contributed by atoms with E-state index in [9.17, 15) is 19.5 Å². The van der Waals surface area contributed by atoms with Crippen molar-refractivity contribution in [3.8, 4) is 11.1 Å². The van der Waals surface area contributed by atoms with Gasteiger partial charge >= 0.3 is 12.1 Å². The minimum absolute atomic E-state index is 0.0146. The fourth-order valence-electron chi connectivity index (χ4n) is 5.77. The van der Waals surface area contributed by atoms with Crippen LogP contribution in [0.5, 0.6) is 0 Å². The van der Waals surface area contributed by atoms with Gasteiger partial charge in [0.05, 0.1) is 6.61 Å². The quantitative estimate of drug-likeness (QED) is 0.683. The summed E-state index contributed by atoms with van der Waals surface area (Å²) in [7, 11) is 0. The summed E-state index contributed by atoms with van der Waals surface area (Å²) in [5.74, 6) is -1.58. The summed E-state index contributed by atoms with van der Waals surface area (Å²) in [4.78, 5) is 39.9. The van der Waals surface area contributed by atoms with Crippen molar-refractivity contribution in [2.75, 3.05) is 26.4 Å². The van der Waals surface area contributed by atoms with Crippen LogP contribution in [-0.2, 0) is 19.1 Å². The lowest BCUT2D eigenvalue weighted by molar-refractivity contribution is -0.154. The van der Waals surface area contributed by atoms with Gasteiger partial charge < -0.3 is 24.8 Å². The molecule has 0 bridgehead atoms. The fourth-order valence-corrected chi connectivity index (χ4v) is 5.77. The van der Waals surface area contributed by atoms with Gasteiger partial charge in [0.1, 0.15) is 18.2 Å². The van der Waals surface area contributed by atoms with Crippen LogP contribution in [0.1, 0.15) is 43.7 Å². The first-order valence-corrected chi connectivity index (χ1v) is 12.0. The predicted octanol–water partition coefficient (Wildman–Crippen LogP) is 3.40. The predicted molar refractivity (Wildman–Crippen MR) is 128 cm³/mol. The van der Waals surface area contributed by atoms with Gasteiger partial charge in [-0.05, 0) is 34.1 Å². The molecule has 0 spiro atoms. The number of aliphatic carboxylic acids is 1. The first-order valence-electron chi connectivity index (χ1n) is 12.0. The molecule has 5 rings (SSSR count). The summed E-state index contributed by atoms with van der Waals surface area (Å²) in [6.07, 6.45) is 0.118. The number of rotatable bonds is 5. The second-order valence-electron chi connectivity index (χ2n) is 10.3. The van der Waals surface area contributed by atoms with E-state index in [1.807, 2.05) is 50.2 Å². The minimum atomic E-state index is -1.34. The third-order valence-electron chi connectivity index (χ3n) is 7.66. The number of ether oxygens (including phenoxy) is 2. The van der Waals surface area contributed by atoms with E-state index < -0.39 is 35.0 Å². The molecule has 0 radical (unpaired) electrons. The molecule has 2 unspecified atom stereocenters. The number of amides is 2. The second-order valence-corrected chi connectivity index (χ2v) is 10.3. The number of carbonyl (C=O) groups excluding carboxylic acids is 2. The standard InChI is InChI=1S/C27H30N2O6/c1-26(2)11-13-29(22(26)23(30)31)24(32)27(12-14-34-16-27)28-25(33)35-15-21-19-9-5-3-7-17(19)18-8-4-6-10-20(18)21/h3-10,21-22H,11-16H2,1-2H3,(H,28,33)(H,30,31). The first kappa shape index (κ1) is 23.4. The lowest BCUT2D eigenvalue weighted by Gasteiger charge is -2.35. The van der Waals surface area contributed by atoms with Crippen molar-refractivity contribution in [1.29, 1.82) is 0 Å². The van der Waals surface area contributed by atoms with E-state index >= 15 is 0 Å². The zero-order valence-electron chi connectivity index (χ0n) is 20.0. The van der Waals surface area contributed by atoms with Gasteiger partial charge in [0.2, 0.25) is 0 Å². The Labute approximate surface area is 204 Å². The highest BCUT2D eigenvalue weighted by molar-refractivity contribution is 5.94. The fraction of sp³-hybridized carbons (Fsp3) is 0.444. The van der Waals surface area contributed by atoms with Gasteiger partial charge in [0, 0.05) is 25.5 Å². The van der Waals surface area contributed by atoms with Gasteiger partial charge in [-0.3, -0.25) is 4.79 Å². The topological polar surface area (TPSA) is 105 Å². The Morgan fingerprint density at radius 1 is 1.06 bits per heavy atom. The van der Waals surface area contributed by atoms with Gasteiger partial charge in [-0.2, -0.15) is 0 Å². The van der Waals surface area contributed by atoms with E-state index in [2.05, 4.69) is 17.4 Å². The van der Waals surface area contributed by atoms with E-state index in [1.165, 1.54) is 4.90 Å². The Balaban J connectivity index is 1.32. The molecule has 8 heteroatoms. The van der Waals surface area contributed by atoms with Gasteiger partial charge in [-0.25, -0.2) is 9.59 Å². The van der Waals surface area contributed by atoms with Gasteiger partial charge in [-0.15, -0.1) is 0 Å². The molecule has 35 heavy (non-hydrogen) atoms. The SMILES string of the molecule is CC1(C)CCN(C(=O)C2(NC(=O)OCC3c4ccccc4-c4ccccc43)CCOC2)C1C(=O)O. The van der Waals surface area contributed by atoms with E-state index in [0.717, 1.165) is 22.3 Å². The third kappa shape index (κ3) is 3.95. The molecular weight excluding hydrogens is 448 g/mol. The van der Waals surface area contributed by atoms with Crippen molar-refractivity contribution in [3.63, 3.8) is 0 Å². The molecule has 2 atom stereocenters. The third-order valence-corrected chi connectivity index (χ3v) is 7.66. The lowest BCUT2D eigenvalue weighted by atomic mass is 9.84. The normalized spacial score (nSPS) is 24.6. The number of carboxylic acids is 1. The number of hydrogen-bond acceptors (Lipinski definition) is 5. The van der Waals surface area contributed by atoms with Crippen LogP contribution in [0.4, 0.5) is 4.79 Å². The van der Waals surface area contributed by atoms with Crippen molar-refractivity contribution < 1.29 is 29.0 Å². The zero-order chi connectivity index (χ0) is 24.8. The maximum Gasteiger partial charge on any atom is 0.408 e. The van der Waals surface area contributed by atoms with Crippen LogP contribution >= 0.6 is 0 Å². The van der Waals surface area contributed by atoms with Crippen LogP contribution in [0.3, 0.4) is 0 Å². The number of hydrogen-bond donors (Lipinski definition) is 2. The number of likely N-dealkylation sites (tertiary alicyclic amines) is 1. The Morgan fingerprint density at radius 2 is 1.69 bits per heavy atom. The summed E-state index contributed by atoms with van der Waals surface area (Å²) in [5.41, 5.74) is 2.55. The number of alkyl carbamates (subject to hydrolysis) is 1. The smallest absolute Gasteiger partial charge is 0.408 e. The number of fused-ring (bicyclic) bond motifs is 3. The molecule has 8 nitrogen and oxygen atoms in total. The Hall–Kier alpha value is -3.39. The monoisotopic (exact) mass is 478 g/mol. The van der Waals surface area contributed by atoms with E-state index in [0.29, 0.717) is 19.6 Å². The number of nitrogens with zero attached hydrogens (tertiary/aromatic N) is 1. The molecule has 2 N–H and O–H groups in total. The number of benzene rings is 2. The zero-order valence-corrected chi connectivity index (χ0v) is 20.0. The number of nitrogens with one attached hydrogen (secondary N) is 1. The lowest BCUT2D eigenvalue weighted by Crippen LogP contribution is -2.62.